The van der Waals surface area contributed by atoms with Crippen LogP contribution in [-0.4, -0.2) is 23.8 Å². The Balaban J connectivity index is 1.93. The fraction of sp³-hybridized carbons (Fsp3) is 0.200. The van der Waals surface area contributed by atoms with Crippen molar-refractivity contribution in [2.75, 3.05) is 5.32 Å². The second-order valence-electron chi connectivity index (χ2n) is 6.25. The van der Waals surface area contributed by atoms with E-state index in [1.165, 1.54) is 12.1 Å². The van der Waals surface area contributed by atoms with Gasteiger partial charge in [-0.2, -0.15) is 5.26 Å². The Bertz CT molecular complexity index is 988. The molecule has 0 aliphatic heterocycles. The normalized spacial score (nSPS) is 10.9. The predicted molar refractivity (Wildman–Crippen MR) is 108 cm³/mol. The lowest BCUT2D eigenvalue weighted by molar-refractivity contribution is -0.136. The first-order chi connectivity index (χ1) is 13.8. The lowest BCUT2D eigenvalue weighted by Gasteiger charge is -2.06. The molecule has 0 aliphatic rings. The van der Waals surface area contributed by atoms with Gasteiger partial charge < -0.3 is 20.4 Å². The standard InChI is InChI=1S/C20H19ClN4O4/c1-12(2)24-18(26)13(10-22)8-16-6-7-17(29-16)11-23-19(27)20(28)25-15-5-3-4-14(21)9-15/h3-9,12H,11H2,1-2H3,(H,23,27)(H,24,26)(H,25,28)/b13-8-. The summed E-state index contributed by atoms with van der Waals surface area (Å²) in [6.07, 6.45) is 1.30. The van der Waals surface area contributed by atoms with Crippen LogP contribution in [0, 0.1) is 11.3 Å². The topological polar surface area (TPSA) is 124 Å². The monoisotopic (exact) mass is 414 g/mol. The highest BCUT2D eigenvalue weighted by Gasteiger charge is 2.15. The van der Waals surface area contributed by atoms with Gasteiger partial charge in [0.1, 0.15) is 23.2 Å². The Morgan fingerprint density at radius 2 is 1.93 bits per heavy atom. The summed E-state index contributed by atoms with van der Waals surface area (Å²) in [6, 6.07) is 11.2. The van der Waals surface area contributed by atoms with Gasteiger partial charge in [-0.3, -0.25) is 14.4 Å². The zero-order valence-corrected chi connectivity index (χ0v) is 16.5. The maximum Gasteiger partial charge on any atom is 0.313 e. The van der Waals surface area contributed by atoms with Crippen molar-refractivity contribution in [2.24, 2.45) is 0 Å². The molecule has 3 N–H and O–H groups in total. The van der Waals surface area contributed by atoms with E-state index in [-0.39, 0.29) is 23.9 Å². The molecule has 1 aromatic heterocycles. The number of nitriles is 1. The van der Waals surface area contributed by atoms with Crippen molar-refractivity contribution in [2.45, 2.75) is 26.4 Å². The number of benzene rings is 1. The number of rotatable bonds is 6. The number of carbonyl (C=O) groups is 3. The minimum atomic E-state index is -0.854. The van der Waals surface area contributed by atoms with E-state index in [9.17, 15) is 14.4 Å². The first-order valence-electron chi connectivity index (χ1n) is 8.64. The zero-order valence-electron chi connectivity index (χ0n) is 15.8. The van der Waals surface area contributed by atoms with Crippen molar-refractivity contribution in [1.29, 1.82) is 5.26 Å². The third kappa shape index (κ3) is 6.83. The summed E-state index contributed by atoms with van der Waals surface area (Å²) in [4.78, 5) is 35.7. The SMILES string of the molecule is CC(C)NC(=O)/C(C#N)=C\c1ccc(CNC(=O)C(=O)Nc2cccc(Cl)c2)o1. The van der Waals surface area contributed by atoms with Gasteiger partial charge in [0.25, 0.3) is 5.91 Å². The Labute approximate surface area is 172 Å². The average molecular weight is 415 g/mol. The first kappa shape index (κ1) is 21.7. The molecule has 1 aromatic carbocycles. The number of furan rings is 1. The van der Waals surface area contributed by atoms with Crippen molar-refractivity contribution in [3.8, 4) is 6.07 Å². The van der Waals surface area contributed by atoms with Gasteiger partial charge in [0, 0.05) is 22.8 Å². The highest BCUT2D eigenvalue weighted by Crippen LogP contribution is 2.15. The van der Waals surface area contributed by atoms with Crippen molar-refractivity contribution in [3.63, 3.8) is 0 Å². The maximum atomic E-state index is 11.9. The highest BCUT2D eigenvalue weighted by molar-refractivity contribution is 6.39. The molecule has 0 bridgehead atoms. The molecule has 0 saturated carbocycles. The lowest BCUT2D eigenvalue weighted by Crippen LogP contribution is -2.34. The van der Waals surface area contributed by atoms with E-state index in [4.69, 9.17) is 21.3 Å². The number of hydrogen-bond donors (Lipinski definition) is 3. The summed E-state index contributed by atoms with van der Waals surface area (Å²) in [6.45, 7) is 3.52. The van der Waals surface area contributed by atoms with Gasteiger partial charge in [-0.25, -0.2) is 0 Å². The first-order valence-corrected chi connectivity index (χ1v) is 9.02. The highest BCUT2D eigenvalue weighted by atomic mass is 35.5. The second kappa shape index (κ2) is 10.1. The maximum absolute atomic E-state index is 11.9. The van der Waals surface area contributed by atoms with E-state index in [1.807, 2.05) is 6.07 Å². The van der Waals surface area contributed by atoms with Crippen LogP contribution < -0.4 is 16.0 Å². The van der Waals surface area contributed by atoms with E-state index < -0.39 is 17.7 Å². The van der Waals surface area contributed by atoms with Gasteiger partial charge in [0.05, 0.1) is 6.54 Å². The van der Waals surface area contributed by atoms with Crippen LogP contribution in [0.2, 0.25) is 5.02 Å². The Morgan fingerprint density at radius 3 is 2.59 bits per heavy atom. The van der Waals surface area contributed by atoms with Crippen LogP contribution >= 0.6 is 11.6 Å². The fourth-order valence-electron chi connectivity index (χ4n) is 2.20. The van der Waals surface area contributed by atoms with E-state index in [1.54, 1.807) is 44.2 Å². The number of hydrogen-bond acceptors (Lipinski definition) is 5. The molecule has 0 atom stereocenters. The van der Waals surface area contributed by atoms with Gasteiger partial charge in [-0.1, -0.05) is 17.7 Å². The fourth-order valence-corrected chi connectivity index (χ4v) is 2.39. The van der Waals surface area contributed by atoms with E-state index >= 15 is 0 Å². The second-order valence-corrected chi connectivity index (χ2v) is 6.69. The molecule has 29 heavy (non-hydrogen) atoms. The molecule has 8 nitrogen and oxygen atoms in total. The Morgan fingerprint density at radius 1 is 1.17 bits per heavy atom. The lowest BCUT2D eigenvalue weighted by atomic mass is 10.2. The molecule has 1 heterocycles. The van der Waals surface area contributed by atoms with E-state index in [0.717, 1.165) is 0 Å². The van der Waals surface area contributed by atoms with Crippen LogP contribution in [0.25, 0.3) is 6.08 Å². The van der Waals surface area contributed by atoms with Crippen LogP contribution in [-0.2, 0) is 20.9 Å². The van der Waals surface area contributed by atoms with Crippen LogP contribution in [0.5, 0.6) is 0 Å². The van der Waals surface area contributed by atoms with E-state index in [2.05, 4.69) is 16.0 Å². The quantitative estimate of drug-likeness (QED) is 0.380. The molecular formula is C20H19ClN4O4. The zero-order chi connectivity index (χ0) is 21.4. The molecule has 2 rings (SSSR count). The number of nitrogens with one attached hydrogen (secondary N) is 3. The number of anilines is 1. The molecule has 2 aromatic rings. The molecule has 0 unspecified atom stereocenters. The summed E-state index contributed by atoms with van der Waals surface area (Å²) >= 11 is 5.83. The third-order valence-corrected chi connectivity index (χ3v) is 3.70. The van der Waals surface area contributed by atoms with E-state index in [0.29, 0.717) is 16.5 Å². The number of nitrogens with zero attached hydrogens (tertiary/aromatic N) is 1. The van der Waals surface area contributed by atoms with Crippen molar-refractivity contribution in [1.82, 2.24) is 10.6 Å². The minimum absolute atomic E-state index is 0.0459. The number of halogens is 1. The molecular weight excluding hydrogens is 396 g/mol. The molecule has 9 heteroatoms. The van der Waals surface area contributed by atoms with Gasteiger partial charge in [-0.15, -0.1) is 0 Å². The molecule has 3 amide bonds. The molecule has 0 fully saturated rings. The molecule has 150 valence electrons. The molecule has 0 radical (unpaired) electrons. The summed E-state index contributed by atoms with van der Waals surface area (Å²) in [7, 11) is 0. The Kier molecular flexibility index (Phi) is 7.57. The summed E-state index contributed by atoms with van der Waals surface area (Å²) in [5.74, 6) is -1.59. The van der Waals surface area contributed by atoms with Crippen LogP contribution in [0.1, 0.15) is 25.4 Å². The van der Waals surface area contributed by atoms with Crippen molar-refractivity contribution >= 4 is 41.1 Å². The van der Waals surface area contributed by atoms with Gasteiger partial charge in [0.15, 0.2) is 0 Å². The van der Waals surface area contributed by atoms with Crippen LogP contribution in [0.4, 0.5) is 5.69 Å². The van der Waals surface area contributed by atoms with Crippen molar-refractivity contribution < 1.29 is 18.8 Å². The Hall–Kier alpha value is -3.57. The van der Waals surface area contributed by atoms with Gasteiger partial charge >= 0.3 is 11.8 Å². The molecule has 0 aliphatic carbocycles. The van der Waals surface area contributed by atoms with Gasteiger partial charge in [-0.05, 0) is 44.2 Å². The average Bonchev–Trinajstić information content (AvgIpc) is 3.11. The third-order valence-electron chi connectivity index (χ3n) is 3.47. The number of carbonyl (C=O) groups excluding carboxylic acids is 3. The van der Waals surface area contributed by atoms with Crippen molar-refractivity contribution in [3.05, 3.63) is 58.5 Å². The summed E-state index contributed by atoms with van der Waals surface area (Å²) < 4.78 is 5.46. The minimum Gasteiger partial charge on any atom is -0.460 e. The summed E-state index contributed by atoms with van der Waals surface area (Å²) in [5, 5.41) is 17.0. The van der Waals surface area contributed by atoms with Crippen LogP contribution in [0.3, 0.4) is 0 Å². The van der Waals surface area contributed by atoms with Crippen LogP contribution in [0.15, 0.2) is 46.4 Å². The van der Waals surface area contributed by atoms with Gasteiger partial charge in [0.2, 0.25) is 0 Å². The largest absolute Gasteiger partial charge is 0.460 e. The predicted octanol–water partition coefficient (Wildman–Crippen LogP) is 2.62. The molecule has 0 saturated heterocycles. The molecule has 0 spiro atoms. The smallest absolute Gasteiger partial charge is 0.313 e. The number of amides is 3. The summed E-state index contributed by atoms with van der Waals surface area (Å²) in [5.41, 5.74) is 0.288.